The Kier molecular flexibility index (Phi) is 6.18. The minimum atomic E-state index is -0.357. The van der Waals surface area contributed by atoms with E-state index in [0.717, 1.165) is 44.6 Å². The summed E-state index contributed by atoms with van der Waals surface area (Å²) >= 11 is 0. The van der Waals surface area contributed by atoms with Crippen LogP contribution in [0.25, 0.3) is 11.0 Å². The molecule has 3 rings (SSSR count). The van der Waals surface area contributed by atoms with Crippen LogP contribution in [-0.2, 0) is 17.8 Å². The number of hydrogen-bond donors (Lipinski definition) is 2. The summed E-state index contributed by atoms with van der Waals surface area (Å²) in [5.74, 6) is -0.0434. The first kappa shape index (κ1) is 20.8. The van der Waals surface area contributed by atoms with Crippen molar-refractivity contribution in [1.82, 2.24) is 0 Å². The molecule has 0 radical (unpaired) electrons. The Morgan fingerprint density at radius 1 is 1.07 bits per heavy atom. The van der Waals surface area contributed by atoms with E-state index in [2.05, 4.69) is 30.4 Å². The van der Waals surface area contributed by atoms with Gasteiger partial charge in [0.25, 0.3) is 5.91 Å². The number of fused-ring (bicyclic) bond motifs is 1. The number of aryl methyl sites for hydroxylation is 4. The van der Waals surface area contributed by atoms with Crippen molar-refractivity contribution in [3.8, 4) is 0 Å². The molecule has 29 heavy (non-hydrogen) atoms. The number of anilines is 1. The van der Waals surface area contributed by atoms with Gasteiger partial charge in [-0.3, -0.25) is 4.79 Å². The minimum Gasteiger partial charge on any atom is -0.423 e. The third-order valence-corrected chi connectivity index (χ3v) is 5.20. The van der Waals surface area contributed by atoms with Crippen LogP contribution in [0.2, 0.25) is 0 Å². The number of hydrogen-bond acceptors (Lipinski definition) is 3. The number of nitrogens with one attached hydrogen (secondary N) is 2. The van der Waals surface area contributed by atoms with Gasteiger partial charge in [-0.25, -0.2) is 4.79 Å². The summed E-state index contributed by atoms with van der Waals surface area (Å²) < 4.78 is 5.38. The van der Waals surface area contributed by atoms with Crippen LogP contribution in [0.5, 0.6) is 0 Å². The summed E-state index contributed by atoms with van der Waals surface area (Å²) in [6.07, 6.45) is 0.882. The number of benzene rings is 2. The molecule has 3 aromatic rings. The van der Waals surface area contributed by atoms with E-state index in [1.54, 1.807) is 0 Å². The zero-order valence-electron chi connectivity index (χ0n) is 17.8. The van der Waals surface area contributed by atoms with E-state index in [9.17, 15) is 9.59 Å². The first-order valence-corrected chi connectivity index (χ1v) is 10.0. The van der Waals surface area contributed by atoms with Crippen molar-refractivity contribution in [2.24, 2.45) is 0 Å². The van der Waals surface area contributed by atoms with Crippen LogP contribution in [-0.4, -0.2) is 19.5 Å². The number of quaternary nitrogens is 1. The second kappa shape index (κ2) is 8.62. The van der Waals surface area contributed by atoms with E-state index < -0.39 is 0 Å². The lowest BCUT2D eigenvalue weighted by atomic mass is 10.0. The SMILES string of the molecule is CCc1ccc2c(C[NH+](C)CC(=O)Nc3c(C)cc(C)cc3C)cc(=O)oc2c1. The van der Waals surface area contributed by atoms with Gasteiger partial charge in [-0.1, -0.05) is 36.8 Å². The molecular formula is C24H29N2O3+. The summed E-state index contributed by atoms with van der Waals surface area (Å²) in [6, 6.07) is 11.6. The van der Waals surface area contributed by atoms with Gasteiger partial charge in [-0.15, -0.1) is 0 Å². The van der Waals surface area contributed by atoms with Crippen molar-refractivity contribution in [3.63, 3.8) is 0 Å². The fraction of sp³-hybridized carbons (Fsp3) is 0.333. The van der Waals surface area contributed by atoms with Crippen molar-refractivity contribution in [2.75, 3.05) is 18.9 Å². The third-order valence-electron chi connectivity index (χ3n) is 5.20. The molecule has 5 nitrogen and oxygen atoms in total. The van der Waals surface area contributed by atoms with Gasteiger partial charge in [0.2, 0.25) is 0 Å². The smallest absolute Gasteiger partial charge is 0.336 e. The van der Waals surface area contributed by atoms with Gasteiger partial charge >= 0.3 is 5.63 Å². The molecule has 5 heteroatoms. The largest absolute Gasteiger partial charge is 0.423 e. The molecule has 0 aliphatic rings. The topological polar surface area (TPSA) is 63.8 Å². The third kappa shape index (κ3) is 4.93. The van der Waals surface area contributed by atoms with Gasteiger partial charge in [0.05, 0.1) is 7.05 Å². The van der Waals surface area contributed by atoms with Crippen LogP contribution in [0, 0.1) is 20.8 Å². The molecule has 0 fully saturated rings. The van der Waals surface area contributed by atoms with Crippen LogP contribution in [0.3, 0.4) is 0 Å². The van der Waals surface area contributed by atoms with Crippen molar-refractivity contribution < 1.29 is 14.1 Å². The number of carbonyl (C=O) groups excluding carboxylic acids is 1. The van der Waals surface area contributed by atoms with E-state index in [1.807, 2.05) is 40.0 Å². The van der Waals surface area contributed by atoms with Crippen LogP contribution >= 0.6 is 0 Å². The molecule has 0 saturated carbocycles. The van der Waals surface area contributed by atoms with E-state index in [0.29, 0.717) is 18.7 Å². The molecule has 0 saturated heterocycles. The number of amides is 1. The molecule has 2 aromatic carbocycles. The van der Waals surface area contributed by atoms with Crippen molar-refractivity contribution in [2.45, 2.75) is 40.7 Å². The van der Waals surface area contributed by atoms with E-state index >= 15 is 0 Å². The Bertz CT molecular complexity index is 1090. The summed E-state index contributed by atoms with van der Waals surface area (Å²) in [6.45, 7) is 9.00. The summed E-state index contributed by atoms with van der Waals surface area (Å²) in [5.41, 5.74) is 6.46. The second-order valence-electron chi connectivity index (χ2n) is 7.91. The Morgan fingerprint density at radius 2 is 1.76 bits per heavy atom. The molecular weight excluding hydrogens is 364 g/mol. The van der Waals surface area contributed by atoms with E-state index in [4.69, 9.17) is 4.42 Å². The van der Waals surface area contributed by atoms with Gasteiger partial charge in [0.15, 0.2) is 6.54 Å². The summed E-state index contributed by atoms with van der Waals surface area (Å²) in [7, 11) is 1.95. The average Bonchev–Trinajstić information content (AvgIpc) is 2.63. The van der Waals surface area contributed by atoms with Gasteiger partial charge in [0, 0.05) is 22.7 Å². The fourth-order valence-electron chi connectivity index (χ4n) is 3.86. The zero-order chi connectivity index (χ0) is 21.1. The van der Waals surface area contributed by atoms with Gasteiger partial charge in [-0.05, 0) is 49.9 Å². The van der Waals surface area contributed by atoms with Crippen molar-refractivity contribution in [1.29, 1.82) is 0 Å². The van der Waals surface area contributed by atoms with Gasteiger partial charge in [-0.2, -0.15) is 0 Å². The monoisotopic (exact) mass is 393 g/mol. The molecule has 0 aliphatic heterocycles. The molecule has 1 unspecified atom stereocenters. The van der Waals surface area contributed by atoms with Crippen molar-refractivity contribution in [3.05, 3.63) is 74.6 Å². The van der Waals surface area contributed by atoms with Crippen molar-refractivity contribution >= 4 is 22.6 Å². The van der Waals surface area contributed by atoms with E-state index in [-0.39, 0.29) is 11.5 Å². The maximum absolute atomic E-state index is 12.6. The highest BCUT2D eigenvalue weighted by Crippen LogP contribution is 2.22. The maximum Gasteiger partial charge on any atom is 0.336 e. The first-order chi connectivity index (χ1) is 13.8. The Morgan fingerprint density at radius 3 is 2.41 bits per heavy atom. The normalized spacial score (nSPS) is 12.2. The number of likely N-dealkylation sites (N-methyl/N-ethyl adjacent to an activating group) is 1. The number of rotatable bonds is 6. The lowest BCUT2D eigenvalue weighted by molar-refractivity contribution is -0.885. The lowest BCUT2D eigenvalue weighted by Gasteiger charge is -2.17. The standard InChI is InChI=1S/C24H28N2O3/c1-6-18-7-8-20-19(12-23(28)29-21(20)11-18)13-26(5)14-22(27)25-24-16(3)9-15(2)10-17(24)4/h7-12H,6,13-14H2,1-5H3,(H,25,27)/p+1. The molecule has 2 N–H and O–H groups in total. The molecule has 0 bridgehead atoms. The summed E-state index contributed by atoms with van der Waals surface area (Å²) in [4.78, 5) is 25.6. The maximum atomic E-state index is 12.6. The van der Waals surface area contributed by atoms with Crippen LogP contribution in [0.1, 0.15) is 34.7 Å². The van der Waals surface area contributed by atoms with Gasteiger partial charge < -0.3 is 14.6 Å². The predicted octanol–water partition coefficient (Wildman–Crippen LogP) is 2.93. The average molecular weight is 394 g/mol. The van der Waals surface area contributed by atoms with E-state index in [1.165, 1.54) is 11.6 Å². The first-order valence-electron chi connectivity index (χ1n) is 10.0. The minimum absolute atomic E-state index is 0.0434. The predicted molar refractivity (Wildman–Crippen MR) is 117 cm³/mol. The summed E-state index contributed by atoms with van der Waals surface area (Å²) in [5, 5.41) is 3.97. The fourth-order valence-corrected chi connectivity index (χ4v) is 3.86. The molecule has 1 heterocycles. The van der Waals surface area contributed by atoms with Crippen LogP contribution in [0.15, 0.2) is 45.6 Å². The zero-order valence-corrected chi connectivity index (χ0v) is 17.8. The second-order valence-corrected chi connectivity index (χ2v) is 7.91. The highest BCUT2D eigenvalue weighted by Gasteiger charge is 2.16. The highest BCUT2D eigenvalue weighted by atomic mass is 16.4. The number of carbonyl (C=O) groups is 1. The lowest BCUT2D eigenvalue weighted by Crippen LogP contribution is -3.08. The van der Waals surface area contributed by atoms with Gasteiger partial charge in [0.1, 0.15) is 12.1 Å². The Hall–Kier alpha value is -2.92. The Balaban J connectivity index is 1.75. The van der Waals surface area contributed by atoms with Crippen LogP contribution < -0.4 is 15.8 Å². The molecule has 1 atom stereocenters. The molecule has 1 amide bonds. The molecule has 0 spiro atoms. The van der Waals surface area contributed by atoms with Crippen LogP contribution in [0.4, 0.5) is 5.69 Å². The quantitative estimate of drug-likeness (QED) is 0.633. The molecule has 0 aliphatic carbocycles. The molecule has 1 aromatic heterocycles. The molecule has 152 valence electrons. The Labute approximate surface area is 171 Å². The highest BCUT2D eigenvalue weighted by molar-refractivity contribution is 5.93.